The first-order valence-electron chi connectivity index (χ1n) is 9.92. The van der Waals surface area contributed by atoms with Gasteiger partial charge in [-0.2, -0.15) is 0 Å². The maximum Gasteiger partial charge on any atom is 0.262 e. The van der Waals surface area contributed by atoms with Crippen LogP contribution in [-0.4, -0.2) is 27.4 Å². The fourth-order valence-electron chi connectivity index (χ4n) is 3.57. The summed E-state index contributed by atoms with van der Waals surface area (Å²) < 4.78 is 14.5. The Morgan fingerprint density at radius 3 is 2.52 bits per heavy atom. The lowest BCUT2D eigenvalue weighted by atomic mass is 10.1. The Morgan fingerprint density at radius 2 is 1.84 bits per heavy atom. The molecule has 0 fully saturated rings. The Hall–Kier alpha value is -3.32. The molecule has 7 heteroatoms. The maximum absolute atomic E-state index is 13.2. The molecule has 158 valence electrons. The predicted molar refractivity (Wildman–Crippen MR) is 122 cm³/mol. The van der Waals surface area contributed by atoms with Crippen molar-refractivity contribution in [3.8, 4) is 10.4 Å². The van der Waals surface area contributed by atoms with Gasteiger partial charge in [-0.25, -0.2) is 9.37 Å². The minimum atomic E-state index is -0.322. The molecule has 1 unspecified atom stereocenters. The summed E-state index contributed by atoms with van der Waals surface area (Å²) in [6.45, 7) is 3.67. The molecule has 0 aliphatic rings. The molecule has 1 atom stereocenters. The van der Waals surface area contributed by atoms with Gasteiger partial charge in [0.1, 0.15) is 17.2 Å². The number of aromatic nitrogens is 2. The SMILES string of the molecule is Cc1c(-c2ccccc2)sc2ncn(CC(=O)N(C)C(C)c3ccc(F)cc3)c(=O)c12. The second-order valence-corrected chi connectivity index (χ2v) is 8.51. The van der Waals surface area contributed by atoms with Gasteiger partial charge in [0.25, 0.3) is 5.56 Å². The van der Waals surface area contributed by atoms with Crippen molar-refractivity contribution in [2.45, 2.75) is 26.4 Å². The molecular formula is C24H22FN3O2S. The van der Waals surface area contributed by atoms with Crippen LogP contribution >= 0.6 is 11.3 Å². The number of rotatable bonds is 5. The summed E-state index contributed by atoms with van der Waals surface area (Å²) in [7, 11) is 1.68. The van der Waals surface area contributed by atoms with Gasteiger partial charge in [0, 0.05) is 11.9 Å². The second-order valence-electron chi connectivity index (χ2n) is 7.51. The van der Waals surface area contributed by atoms with Gasteiger partial charge in [-0.15, -0.1) is 11.3 Å². The fraction of sp³-hybridized carbons (Fsp3) is 0.208. The summed E-state index contributed by atoms with van der Waals surface area (Å²) in [5.41, 5.74) is 2.51. The summed E-state index contributed by atoms with van der Waals surface area (Å²) in [4.78, 5) is 33.7. The third kappa shape index (κ3) is 4.01. The number of nitrogens with zero attached hydrogens (tertiary/aromatic N) is 3. The van der Waals surface area contributed by atoms with Crippen LogP contribution in [0.4, 0.5) is 4.39 Å². The number of hydrogen-bond donors (Lipinski definition) is 0. The molecule has 4 aromatic rings. The highest BCUT2D eigenvalue weighted by Gasteiger charge is 2.20. The zero-order valence-corrected chi connectivity index (χ0v) is 18.3. The molecule has 31 heavy (non-hydrogen) atoms. The van der Waals surface area contributed by atoms with Gasteiger partial charge in [-0.3, -0.25) is 14.2 Å². The van der Waals surface area contributed by atoms with E-state index >= 15 is 0 Å². The molecule has 0 saturated carbocycles. The van der Waals surface area contributed by atoms with E-state index in [-0.39, 0.29) is 29.9 Å². The van der Waals surface area contributed by atoms with Crippen LogP contribution in [-0.2, 0) is 11.3 Å². The van der Waals surface area contributed by atoms with Crippen molar-refractivity contribution in [3.63, 3.8) is 0 Å². The van der Waals surface area contributed by atoms with Gasteiger partial charge < -0.3 is 4.90 Å². The number of amides is 1. The van der Waals surface area contributed by atoms with Gasteiger partial charge in [0.2, 0.25) is 5.91 Å². The quantitative estimate of drug-likeness (QED) is 0.453. The van der Waals surface area contributed by atoms with Crippen LogP contribution in [0.2, 0.25) is 0 Å². The molecule has 0 aliphatic carbocycles. The normalized spacial score (nSPS) is 12.1. The molecule has 0 spiro atoms. The number of likely N-dealkylation sites (N-methyl/N-ethyl adjacent to an activating group) is 1. The zero-order chi connectivity index (χ0) is 22.1. The molecule has 0 radical (unpaired) electrons. The number of carbonyl (C=O) groups is 1. The van der Waals surface area contributed by atoms with E-state index in [2.05, 4.69) is 4.98 Å². The fourth-order valence-corrected chi connectivity index (χ4v) is 4.72. The smallest absolute Gasteiger partial charge is 0.262 e. The standard InChI is InChI=1S/C24H22FN3O2S/c1-15-21-23(31-22(15)18-7-5-4-6-8-18)26-14-28(24(21)30)13-20(29)27(3)16(2)17-9-11-19(25)12-10-17/h4-12,14,16H,13H2,1-3H3. The number of thiophene rings is 1. The second kappa shape index (κ2) is 8.43. The molecule has 5 nitrogen and oxygen atoms in total. The highest BCUT2D eigenvalue weighted by atomic mass is 32.1. The van der Waals surface area contributed by atoms with Crippen LogP contribution in [0.3, 0.4) is 0 Å². The summed E-state index contributed by atoms with van der Waals surface area (Å²) in [5, 5.41) is 0.549. The Balaban J connectivity index is 1.62. The van der Waals surface area contributed by atoms with E-state index < -0.39 is 0 Å². The summed E-state index contributed by atoms with van der Waals surface area (Å²) in [5.74, 6) is -0.548. The van der Waals surface area contributed by atoms with Crippen LogP contribution in [0.15, 0.2) is 65.7 Å². The lowest BCUT2D eigenvalue weighted by molar-refractivity contribution is -0.132. The first-order chi connectivity index (χ1) is 14.9. The van der Waals surface area contributed by atoms with Crippen LogP contribution < -0.4 is 5.56 Å². The van der Waals surface area contributed by atoms with E-state index in [9.17, 15) is 14.0 Å². The third-order valence-electron chi connectivity index (χ3n) is 5.59. The Kier molecular flexibility index (Phi) is 5.69. The number of carbonyl (C=O) groups excluding carboxylic acids is 1. The minimum Gasteiger partial charge on any atom is -0.337 e. The van der Waals surface area contributed by atoms with Crippen LogP contribution in [0, 0.1) is 12.7 Å². The number of halogens is 1. The molecule has 1 amide bonds. The largest absolute Gasteiger partial charge is 0.337 e. The molecule has 0 aliphatic heterocycles. The molecular weight excluding hydrogens is 413 g/mol. The van der Waals surface area contributed by atoms with Crippen LogP contribution in [0.1, 0.15) is 24.1 Å². The van der Waals surface area contributed by atoms with Crippen molar-refractivity contribution >= 4 is 27.5 Å². The van der Waals surface area contributed by atoms with Crippen molar-refractivity contribution in [1.29, 1.82) is 0 Å². The molecule has 2 aromatic carbocycles. The highest BCUT2D eigenvalue weighted by Crippen LogP contribution is 2.35. The van der Waals surface area contributed by atoms with Crippen LogP contribution in [0.25, 0.3) is 20.7 Å². The van der Waals surface area contributed by atoms with Gasteiger partial charge >= 0.3 is 0 Å². The third-order valence-corrected chi connectivity index (χ3v) is 6.83. The molecule has 2 aromatic heterocycles. The molecule has 2 heterocycles. The Morgan fingerprint density at radius 1 is 1.16 bits per heavy atom. The summed E-state index contributed by atoms with van der Waals surface area (Å²) in [6, 6.07) is 15.7. The van der Waals surface area contributed by atoms with E-state index in [4.69, 9.17) is 0 Å². The Bertz CT molecular complexity index is 1300. The van der Waals surface area contributed by atoms with Gasteiger partial charge in [-0.05, 0) is 42.7 Å². The van der Waals surface area contributed by atoms with E-state index in [1.165, 1.54) is 34.4 Å². The predicted octanol–water partition coefficient (Wildman–Crippen LogP) is 4.79. The van der Waals surface area contributed by atoms with Crippen LogP contribution in [0.5, 0.6) is 0 Å². The lowest BCUT2D eigenvalue weighted by Crippen LogP contribution is -2.35. The van der Waals surface area contributed by atoms with Crippen molar-refractivity contribution in [1.82, 2.24) is 14.5 Å². The van der Waals surface area contributed by atoms with Crippen molar-refractivity contribution < 1.29 is 9.18 Å². The highest BCUT2D eigenvalue weighted by molar-refractivity contribution is 7.22. The molecule has 0 N–H and O–H groups in total. The number of hydrogen-bond acceptors (Lipinski definition) is 4. The van der Waals surface area contributed by atoms with Crippen molar-refractivity contribution in [2.24, 2.45) is 0 Å². The molecule has 4 rings (SSSR count). The topological polar surface area (TPSA) is 55.2 Å². The zero-order valence-electron chi connectivity index (χ0n) is 17.5. The van der Waals surface area contributed by atoms with Gasteiger partial charge in [-0.1, -0.05) is 42.5 Å². The first-order valence-corrected chi connectivity index (χ1v) is 10.7. The average molecular weight is 436 g/mol. The summed E-state index contributed by atoms with van der Waals surface area (Å²) >= 11 is 1.48. The van der Waals surface area contributed by atoms with Gasteiger partial charge in [0.05, 0.1) is 17.8 Å². The van der Waals surface area contributed by atoms with E-state index in [1.54, 1.807) is 24.1 Å². The van der Waals surface area contributed by atoms with E-state index in [0.29, 0.717) is 10.2 Å². The Labute approximate surface area is 183 Å². The van der Waals surface area contributed by atoms with Crippen molar-refractivity contribution in [2.75, 3.05) is 7.05 Å². The molecule has 0 bridgehead atoms. The summed E-state index contributed by atoms with van der Waals surface area (Å²) in [6.07, 6.45) is 1.43. The monoisotopic (exact) mass is 435 g/mol. The van der Waals surface area contributed by atoms with E-state index in [0.717, 1.165) is 21.6 Å². The minimum absolute atomic E-state index is 0.111. The number of fused-ring (bicyclic) bond motifs is 1. The van der Waals surface area contributed by atoms with Gasteiger partial charge in [0.15, 0.2) is 0 Å². The maximum atomic E-state index is 13.2. The van der Waals surface area contributed by atoms with Crippen molar-refractivity contribution in [3.05, 3.63) is 88.2 Å². The number of aryl methyl sites for hydroxylation is 1. The lowest BCUT2D eigenvalue weighted by Gasteiger charge is -2.25. The first kappa shape index (κ1) is 20.9. The van der Waals surface area contributed by atoms with E-state index in [1.807, 2.05) is 44.2 Å². The molecule has 0 saturated heterocycles. The average Bonchev–Trinajstić information content (AvgIpc) is 3.12. The number of benzene rings is 2.